The zero-order valence-electron chi connectivity index (χ0n) is 18.4. The Morgan fingerprint density at radius 1 is 1.19 bits per heavy atom. The number of aromatic nitrogens is 1. The standard InChI is InChI=1S/C25H24N2O5/c1-5-30-18-8-6-17(7-9-18)21-14-31-23-13-22(29-4)19(12-20(21)23)15(2)10-25(28)26-24-11-16(3)32-27-24/h6-14H,5H2,1-4H3,(H,26,27,28)/b15-10+. The summed E-state index contributed by atoms with van der Waals surface area (Å²) in [6.07, 6.45) is 3.23. The number of hydrogen-bond donors (Lipinski definition) is 1. The lowest BCUT2D eigenvalue weighted by Crippen LogP contribution is -2.08. The Balaban J connectivity index is 1.69. The van der Waals surface area contributed by atoms with Crippen LogP contribution in [0.2, 0.25) is 0 Å². The van der Waals surface area contributed by atoms with Crippen molar-refractivity contribution in [2.45, 2.75) is 20.8 Å². The molecule has 7 heteroatoms. The monoisotopic (exact) mass is 432 g/mol. The van der Waals surface area contributed by atoms with Gasteiger partial charge in [-0.15, -0.1) is 0 Å². The fourth-order valence-electron chi connectivity index (χ4n) is 3.52. The van der Waals surface area contributed by atoms with Crippen molar-refractivity contribution in [3.05, 3.63) is 66.1 Å². The molecule has 7 nitrogen and oxygen atoms in total. The van der Waals surface area contributed by atoms with Gasteiger partial charge in [0, 0.05) is 34.7 Å². The highest BCUT2D eigenvalue weighted by Crippen LogP contribution is 2.37. The third-order valence-corrected chi connectivity index (χ3v) is 5.02. The van der Waals surface area contributed by atoms with Gasteiger partial charge in [0.2, 0.25) is 5.91 Å². The first kappa shape index (κ1) is 21.2. The Labute approximate surface area is 185 Å². The predicted molar refractivity (Wildman–Crippen MR) is 123 cm³/mol. The molecule has 0 fully saturated rings. The number of amides is 1. The number of methoxy groups -OCH3 is 1. The number of hydrogen-bond acceptors (Lipinski definition) is 6. The Morgan fingerprint density at radius 3 is 2.62 bits per heavy atom. The molecule has 2 aromatic carbocycles. The Morgan fingerprint density at radius 2 is 1.97 bits per heavy atom. The number of rotatable bonds is 7. The number of aryl methyl sites for hydroxylation is 1. The van der Waals surface area contributed by atoms with Gasteiger partial charge < -0.3 is 23.7 Å². The molecular weight excluding hydrogens is 408 g/mol. The maximum atomic E-state index is 12.5. The lowest BCUT2D eigenvalue weighted by molar-refractivity contribution is -0.111. The van der Waals surface area contributed by atoms with E-state index >= 15 is 0 Å². The third kappa shape index (κ3) is 4.37. The van der Waals surface area contributed by atoms with Gasteiger partial charge in [-0.05, 0) is 50.1 Å². The summed E-state index contributed by atoms with van der Waals surface area (Å²) in [6.45, 7) is 6.19. The van der Waals surface area contributed by atoms with E-state index in [0.717, 1.165) is 33.4 Å². The molecule has 0 unspecified atom stereocenters. The van der Waals surface area contributed by atoms with Crippen LogP contribution in [0.25, 0.3) is 27.7 Å². The molecule has 0 saturated carbocycles. The van der Waals surface area contributed by atoms with Gasteiger partial charge in [0.15, 0.2) is 5.82 Å². The molecule has 0 aliphatic carbocycles. The number of ether oxygens (including phenoxy) is 2. The lowest BCUT2D eigenvalue weighted by Gasteiger charge is -2.10. The zero-order valence-corrected chi connectivity index (χ0v) is 18.4. The average molecular weight is 432 g/mol. The summed E-state index contributed by atoms with van der Waals surface area (Å²) in [4.78, 5) is 12.5. The average Bonchev–Trinajstić information content (AvgIpc) is 3.38. The number of carbonyl (C=O) groups is 1. The molecule has 0 saturated heterocycles. The van der Waals surface area contributed by atoms with Gasteiger partial charge in [-0.3, -0.25) is 4.79 Å². The SMILES string of the molecule is CCOc1ccc(-c2coc3cc(OC)c(/C(C)=C/C(=O)Nc4cc(C)on4)cc23)cc1. The molecule has 0 spiro atoms. The van der Waals surface area contributed by atoms with Crippen molar-refractivity contribution < 1.29 is 23.2 Å². The smallest absolute Gasteiger partial charge is 0.249 e. The molecule has 1 amide bonds. The van der Waals surface area contributed by atoms with Crippen molar-refractivity contribution in [1.82, 2.24) is 5.16 Å². The molecular formula is C25H24N2O5. The molecule has 0 aliphatic heterocycles. The Kier molecular flexibility index (Phi) is 5.98. The van der Waals surface area contributed by atoms with Crippen molar-refractivity contribution in [2.75, 3.05) is 19.0 Å². The summed E-state index contributed by atoms with van der Waals surface area (Å²) < 4.78 is 21.9. The van der Waals surface area contributed by atoms with Gasteiger partial charge in [0.25, 0.3) is 0 Å². The zero-order chi connectivity index (χ0) is 22.7. The highest BCUT2D eigenvalue weighted by atomic mass is 16.5. The van der Waals surface area contributed by atoms with E-state index in [1.165, 1.54) is 6.08 Å². The van der Waals surface area contributed by atoms with Crippen LogP contribution >= 0.6 is 0 Å². The van der Waals surface area contributed by atoms with E-state index in [2.05, 4.69) is 10.5 Å². The van der Waals surface area contributed by atoms with Crippen LogP contribution in [0.5, 0.6) is 11.5 Å². The van der Waals surface area contributed by atoms with Crippen LogP contribution in [-0.2, 0) is 4.79 Å². The van der Waals surface area contributed by atoms with Crippen molar-refractivity contribution in [2.24, 2.45) is 0 Å². The van der Waals surface area contributed by atoms with Gasteiger partial charge in [-0.25, -0.2) is 0 Å². The summed E-state index contributed by atoms with van der Waals surface area (Å²) >= 11 is 0. The number of carbonyl (C=O) groups excluding carboxylic acids is 1. The van der Waals surface area contributed by atoms with E-state index in [9.17, 15) is 4.79 Å². The maximum absolute atomic E-state index is 12.5. The number of fused-ring (bicyclic) bond motifs is 1. The molecule has 0 aliphatic rings. The highest BCUT2D eigenvalue weighted by Gasteiger charge is 2.15. The minimum atomic E-state index is -0.308. The molecule has 0 bridgehead atoms. The van der Waals surface area contributed by atoms with Gasteiger partial charge in [-0.1, -0.05) is 17.3 Å². The van der Waals surface area contributed by atoms with Crippen LogP contribution in [0, 0.1) is 6.92 Å². The number of allylic oxidation sites excluding steroid dienone is 1. The summed E-state index contributed by atoms with van der Waals surface area (Å²) in [5.41, 5.74) is 4.18. The first-order chi connectivity index (χ1) is 15.5. The second-order valence-electron chi connectivity index (χ2n) is 7.29. The molecule has 0 atom stereocenters. The first-order valence-corrected chi connectivity index (χ1v) is 10.2. The fourth-order valence-corrected chi connectivity index (χ4v) is 3.52. The Bertz CT molecular complexity index is 1280. The third-order valence-electron chi connectivity index (χ3n) is 5.02. The highest BCUT2D eigenvalue weighted by molar-refractivity contribution is 6.05. The molecule has 32 heavy (non-hydrogen) atoms. The molecule has 4 rings (SSSR count). The number of furan rings is 1. The predicted octanol–water partition coefficient (Wildman–Crippen LogP) is 5.85. The summed E-state index contributed by atoms with van der Waals surface area (Å²) in [6, 6.07) is 13.3. The van der Waals surface area contributed by atoms with Crippen LogP contribution in [-0.4, -0.2) is 24.8 Å². The van der Waals surface area contributed by atoms with E-state index in [0.29, 0.717) is 29.5 Å². The van der Waals surface area contributed by atoms with Crippen LogP contribution in [0.3, 0.4) is 0 Å². The molecule has 164 valence electrons. The van der Waals surface area contributed by atoms with Crippen LogP contribution in [0.15, 0.2) is 63.7 Å². The minimum Gasteiger partial charge on any atom is -0.496 e. The molecule has 1 N–H and O–H groups in total. The van der Waals surface area contributed by atoms with E-state index in [1.807, 2.05) is 50.2 Å². The van der Waals surface area contributed by atoms with E-state index in [-0.39, 0.29) is 5.91 Å². The van der Waals surface area contributed by atoms with E-state index < -0.39 is 0 Å². The molecule has 2 aromatic heterocycles. The normalized spacial score (nSPS) is 11.6. The fraction of sp³-hybridized carbons (Fsp3) is 0.200. The van der Waals surface area contributed by atoms with Gasteiger partial charge in [-0.2, -0.15) is 0 Å². The first-order valence-electron chi connectivity index (χ1n) is 10.2. The van der Waals surface area contributed by atoms with Crippen molar-refractivity contribution >= 4 is 28.3 Å². The van der Waals surface area contributed by atoms with Crippen molar-refractivity contribution in [1.29, 1.82) is 0 Å². The molecule has 0 radical (unpaired) electrons. The number of nitrogens with one attached hydrogen (secondary N) is 1. The second-order valence-corrected chi connectivity index (χ2v) is 7.29. The molecule has 4 aromatic rings. The molecule has 2 heterocycles. The van der Waals surface area contributed by atoms with Crippen LogP contribution < -0.4 is 14.8 Å². The van der Waals surface area contributed by atoms with Crippen LogP contribution in [0.1, 0.15) is 25.2 Å². The maximum Gasteiger partial charge on any atom is 0.249 e. The van der Waals surface area contributed by atoms with Gasteiger partial charge in [0.1, 0.15) is 22.8 Å². The van der Waals surface area contributed by atoms with Crippen molar-refractivity contribution in [3.8, 4) is 22.6 Å². The van der Waals surface area contributed by atoms with Gasteiger partial charge in [0.05, 0.1) is 20.0 Å². The van der Waals surface area contributed by atoms with Crippen molar-refractivity contribution in [3.63, 3.8) is 0 Å². The number of nitrogens with zero attached hydrogens (tertiary/aromatic N) is 1. The second kappa shape index (κ2) is 9.01. The van der Waals surface area contributed by atoms with Gasteiger partial charge >= 0.3 is 0 Å². The quantitative estimate of drug-likeness (QED) is 0.369. The Hall–Kier alpha value is -4.00. The largest absolute Gasteiger partial charge is 0.496 e. The summed E-state index contributed by atoms with van der Waals surface area (Å²) in [5.74, 6) is 2.11. The lowest BCUT2D eigenvalue weighted by atomic mass is 9.99. The van der Waals surface area contributed by atoms with E-state index in [4.69, 9.17) is 18.4 Å². The summed E-state index contributed by atoms with van der Waals surface area (Å²) in [7, 11) is 1.59. The van der Waals surface area contributed by atoms with Crippen LogP contribution in [0.4, 0.5) is 5.82 Å². The number of benzene rings is 2. The topological polar surface area (TPSA) is 86.7 Å². The van der Waals surface area contributed by atoms with E-state index in [1.54, 1.807) is 26.4 Å². The minimum absolute atomic E-state index is 0.308. The summed E-state index contributed by atoms with van der Waals surface area (Å²) in [5, 5.41) is 7.40. The number of anilines is 1.